The molecular weight excluding hydrogens is 372 g/mol. The summed E-state index contributed by atoms with van der Waals surface area (Å²) in [6.07, 6.45) is 1.89. The van der Waals surface area contributed by atoms with Crippen molar-refractivity contribution in [2.24, 2.45) is 4.99 Å². The summed E-state index contributed by atoms with van der Waals surface area (Å²) in [6, 6.07) is 20.3. The van der Waals surface area contributed by atoms with Crippen molar-refractivity contribution in [1.82, 2.24) is 4.90 Å². The maximum absolute atomic E-state index is 12.7. The third-order valence-electron chi connectivity index (χ3n) is 4.45. The summed E-state index contributed by atoms with van der Waals surface area (Å²) in [6.45, 7) is 0. The maximum Gasteiger partial charge on any atom is 0.335 e. The molecule has 1 aliphatic rings. The Kier molecular flexibility index (Phi) is 4.71. The van der Waals surface area contributed by atoms with Gasteiger partial charge in [-0.25, -0.2) is 9.79 Å². The average molecular weight is 388 g/mol. The number of carbonyl (C=O) groups excluding carboxylic acids is 1. The van der Waals surface area contributed by atoms with Crippen molar-refractivity contribution in [3.8, 4) is 0 Å². The summed E-state index contributed by atoms with van der Waals surface area (Å²) >= 11 is 1.31. The number of amides is 1. The van der Waals surface area contributed by atoms with E-state index < -0.39 is 5.97 Å². The molecule has 0 bridgehead atoms. The van der Waals surface area contributed by atoms with Crippen LogP contribution in [0.25, 0.3) is 16.8 Å². The van der Waals surface area contributed by atoms with Gasteiger partial charge in [0.25, 0.3) is 5.91 Å². The number of carbonyl (C=O) groups is 2. The van der Waals surface area contributed by atoms with Gasteiger partial charge in [-0.05, 0) is 58.4 Å². The minimum atomic E-state index is -0.984. The van der Waals surface area contributed by atoms with E-state index in [0.29, 0.717) is 15.8 Å². The Morgan fingerprint density at radius 3 is 2.50 bits per heavy atom. The van der Waals surface area contributed by atoms with E-state index in [9.17, 15) is 9.59 Å². The van der Waals surface area contributed by atoms with Crippen LogP contribution >= 0.6 is 11.8 Å². The fourth-order valence-corrected chi connectivity index (χ4v) is 3.94. The van der Waals surface area contributed by atoms with Crippen LogP contribution in [0, 0.1) is 0 Å². The van der Waals surface area contributed by atoms with Gasteiger partial charge in [-0.1, -0.05) is 42.5 Å². The fourth-order valence-electron chi connectivity index (χ4n) is 2.96. The highest BCUT2D eigenvalue weighted by Gasteiger charge is 2.30. The predicted molar refractivity (Wildman–Crippen MR) is 113 cm³/mol. The minimum Gasteiger partial charge on any atom is -0.478 e. The van der Waals surface area contributed by atoms with Crippen LogP contribution in [-0.2, 0) is 4.79 Å². The van der Waals surface area contributed by atoms with Gasteiger partial charge in [0.2, 0.25) is 0 Å². The number of nitrogens with zero attached hydrogens (tertiary/aromatic N) is 2. The Morgan fingerprint density at radius 2 is 1.75 bits per heavy atom. The number of aliphatic imine (C=N–C) groups is 1. The molecule has 1 saturated heterocycles. The molecule has 6 heteroatoms. The Balaban J connectivity index is 1.66. The highest BCUT2D eigenvalue weighted by molar-refractivity contribution is 8.18. The SMILES string of the molecule is CN1C(=O)/C(=C\c2cccc3ccccc23)SC1=Nc1ccc(C(=O)O)cc1. The van der Waals surface area contributed by atoms with E-state index in [0.717, 1.165) is 16.3 Å². The number of hydrogen-bond acceptors (Lipinski definition) is 4. The normalized spacial score (nSPS) is 17.0. The molecular formula is C22H16N2O3S. The van der Waals surface area contributed by atoms with E-state index in [4.69, 9.17) is 5.11 Å². The van der Waals surface area contributed by atoms with Crippen molar-refractivity contribution in [1.29, 1.82) is 0 Å². The first-order valence-corrected chi connectivity index (χ1v) is 9.42. The van der Waals surface area contributed by atoms with Crippen LogP contribution in [0.1, 0.15) is 15.9 Å². The molecule has 4 rings (SSSR count). The summed E-state index contributed by atoms with van der Waals surface area (Å²) in [7, 11) is 1.68. The molecule has 0 aromatic heterocycles. The summed E-state index contributed by atoms with van der Waals surface area (Å²) in [5.74, 6) is -1.10. The standard InChI is InChI=1S/C22H16N2O3S/c1-24-20(25)19(13-16-7-4-6-14-5-2-3-8-18(14)16)28-22(24)23-17-11-9-15(10-12-17)21(26)27/h2-13H,1H3,(H,26,27)/b19-13+,23-22?. The van der Waals surface area contributed by atoms with E-state index >= 15 is 0 Å². The smallest absolute Gasteiger partial charge is 0.335 e. The van der Waals surface area contributed by atoms with Crippen molar-refractivity contribution in [2.45, 2.75) is 0 Å². The molecule has 138 valence electrons. The molecule has 0 aliphatic carbocycles. The molecule has 0 atom stereocenters. The number of thioether (sulfide) groups is 1. The highest BCUT2D eigenvalue weighted by atomic mass is 32.2. The number of carboxylic acids is 1. The Hall–Kier alpha value is -3.38. The molecule has 3 aromatic rings. The van der Waals surface area contributed by atoms with Gasteiger partial charge in [0.15, 0.2) is 5.17 Å². The van der Waals surface area contributed by atoms with Crippen molar-refractivity contribution in [3.05, 3.63) is 82.8 Å². The number of likely N-dealkylation sites (N-methyl/N-ethyl adjacent to an activating group) is 1. The van der Waals surface area contributed by atoms with Crippen molar-refractivity contribution < 1.29 is 14.7 Å². The van der Waals surface area contributed by atoms with E-state index in [1.807, 2.05) is 48.5 Å². The molecule has 0 spiro atoms. The second kappa shape index (κ2) is 7.32. The lowest BCUT2D eigenvalue weighted by Gasteiger charge is -2.07. The number of hydrogen-bond donors (Lipinski definition) is 1. The van der Waals surface area contributed by atoms with Gasteiger partial charge >= 0.3 is 5.97 Å². The zero-order valence-electron chi connectivity index (χ0n) is 15.0. The molecule has 1 amide bonds. The monoisotopic (exact) mass is 388 g/mol. The van der Waals surface area contributed by atoms with E-state index in [2.05, 4.69) is 4.99 Å². The Morgan fingerprint density at radius 1 is 1.04 bits per heavy atom. The maximum atomic E-state index is 12.7. The molecule has 1 aliphatic heterocycles. The minimum absolute atomic E-state index is 0.112. The van der Waals surface area contributed by atoms with E-state index in [1.165, 1.54) is 28.8 Å². The lowest BCUT2D eigenvalue weighted by molar-refractivity contribution is -0.121. The van der Waals surface area contributed by atoms with Gasteiger partial charge in [-0.3, -0.25) is 9.69 Å². The van der Waals surface area contributed by atoms with Crippen LogP contribution < -0.4 is 0 Å². The van der Waals surface area contributed by atoms with E-state index in [-0.39, 0.29) is 11.5 Å². The molecule has 0 radical (unpaired) electrons. The summed E-state index contributed by atoms with van der Waals surface area (Å²) in [4.78, 5) is 30.2. The third-order valence-corrected chi connectivity index (χ3v) is 5.51. The third kappa shape index (κ3) is 3.42. The fraction of sp³-hybridized carbons (Fsp3) is 0.0455. The van der Waals surface area contributed by atoms with Crippen molar-refractivity contribution in [2.75, 3.05) is 7.05 Å². The van der Waals surface area contributed by atoms with Gasteiger partial charge < -0.3 is 5.11 Å². The number of aromatic carboxylic acids is 1. The number of benzene rings is 3. The molecule has 1 heterocycles. The van der Waals surface area contributed by atoms with Crippen LogP contribution in [0.4, 0.5) is 5.69 Å². The number of fused-ring (bicyclic) bond motifs is 1. The van der Waals surface area contributed by atoms with Crippen molar-refractivity contribution in [3.63, 3.8) is 0 Å². The Bertz CT molecular complexity index is 1140. The summed E-state index contributed by atoms with van der Waals surface area (Å²) in [5.41, 5.74) is 1.77. The van der Waals surface area contributed by atoms with Crippen LogP contribution in [0.5, 0.6) is 0 Å². The molecule has 5 nitrogen and oxygen atoms in total. The largest absolute Gasteiger partial charge is 0.478 e. The molecule has 1 fully saturated rings. The second-order valence-electron chi connectivity index (χ2n) is 6.29. The van der Waals surface area contributed by atoms with Crippen molar-refractivity contribution >= 4 is 51.3 Å². The molecule has 1 N–H and O–H groups in total. The van der Waals surface area contributed by atoms with Crippen LogP contribution in [0.15, 0.2) is 76.6 Å². The average Bonchev–Trinajstić information content (AvgIpc) is 2.96. The van der Waals surface area contributed by atoms with Gasteiger partial charge in [0, 0.05) is 7.05 Å². The van der Waals surface area contributed by atoms with Crippen LogP contribution in [0.2, 0.25) is 0 Å². The van der Waals surface area contributed by atoms with E-state index in [1.54, 1.807) is 19.2 Å². The molecule has 28 heavy (non-hydrogen) atoms. The van der Waals surface area contributed by atoms with Gasteiger partial charge in [0.1, 0.15) is 0 Å². The predicted octanol–water partition coefficient (Wildman–Crippen LogP) is 4.77. The first-order valence-electron chi connectivity index (χ1n) is 8.60. The van der Waals surface area contributed by atoms with Gasteiger partial charge in [0.05, 0.1) is 16.2 Å². The number of amidine groups is 1. The number of rotatable bonds is 3. The molecule has 0 saturated carbocycles. The topological polar surface area (TPSA) is 70.0 Å². The lowest BCUT2D eigenvalue weighted by atomic mass is 10.0. The van der Waals surface area contributed by atoms with Gasteiger partial charge in [-0.2, -0.15) is 0 Å². The zero-order valence-corrected chi connectivity index (χ0v) is 15.8. The van der Waals surface area contributed by atoms with Crippen LogP contribution in [-0.4, -0.2) is 34.1 Å². The quantitative estimate of drug-likeness (QED) is 0.656. The summed E-state index contributed by atoms with van der Waals surface area (Å²) < 4.78 is 0. The first kappa shape index (κ1) is 18.0. The number of carboxylic acid groups (broad SMARTS) is 1. The highest BCUT2D eigenvalue weighted by Crippen LogP contribution is 2.34. The zero-order chi connectivity index (χ0) is 19.7. The molecule has 3 aromatic carbocycles. The Labute approximate surface area is 166 Å². The first-order chi connectivity index (χ1) is 13.5. The molecule has 0 unspecified atom stereocenters. The summed E-state index contributed by atoms with van der Waals surface area (Å²) in [5, 5.41) is 11.7. The second-order valence-corrected chi connectivity index (χ2v) is 7.30. The van der Waals surface area contributed by atoms with Crippen LogP contribution in [0.3, 0.4) is 0 Å². The lowest BCUT2D eigenvalue weighted by Crippen LogP contribution is -2.23. The van der Waals surface area contributed by atoms with Gasteiger partial charge in [-0.15, -0.1) is 0 Å².